The van der Waals surface area contributed by atoms with Crippen molar-refractivity contribution in [3.8, 4) is 0 Å². The number of nitrogens with zero attached hydrogens (tertiary/aromatic N) is 2. The van der Waals surface area contributed by atoms with E-state index in [1.54, 1.807) is 6.20 Å². The van der Waals surface area contributed by atoms with E-state index in [2.05, 4.69) is 40.2 Å². The molecule has 0 spiro atoms. The Hall–Kier alpha value is -0.840. The molecule has 1 atom stereocenters. The number of rotatable bonds is 7. The van der Waals surface area contributed by atoms with Crippen LogP contribution in [0, 0.1) is 0 Å². The first kappa shape index (κ1) is 15.2. The number of hydrogen-bond donors (Lipinski definition) is 1. The molecule has 1 unspecified atom stereocenters. The summed E-state index contributed by atoms with van der Waals surface area (Å²) in [7, 11) is 0. The van der Waals surface area contributed by atoms with Crippen LogP contribution in [0.2, 0.25) is 0 Å². The highest BCUT2D eigenvalue weighted by atomic mass is 79.9. The van der Waals surface area contributed by atoms with Gasteiger partial charge in [0, 0.05) is 12.6 Å². The largest absolute Gasteiger partial charge is 0.380 e. The lowest BCUT2D eigenvalue weighted by atomic mass is 10.1. The molecule has 0 saturated heterocycles. The van der Waals surface area contributed by atoms with E-state index in [1.165, 1.54) is 17.5 Å². The number of anilines is 1. The predicted octanol–water partition coefficient (Wildman–Crippen LogP) is 3.41. The van der Waals surface area contributed by atoms with Gasteiger partial charge in [-0.15, -0.1) is 0 Å². The van der Waals surface area contributed by atoms with Crippen molar-refractivity contribution in [3.63, 3.8) is 0 Å². The SMILES string of the molecule is CCCCC(C)Nc1cnn(CCC)c(=O)c1Br. The summed E-state index contributed by atoms with van der Waals surface area (Å²) in [5, 5.41) is 7.51. The highest BCUT2D eigenvalue weighted by Crippen LogP contribution is 2.18. The maximum absolute atomic E-state index is 12.0. The minimum atomic E-state index is -0.0652. The van der Waals surface area contributed by atoms with E-state index in [4.69, 9.17) is 0 Å². The van der Waals surface area contributed by atoms with Gasteiger partial charge in [0.05, 0.1) is 11.9 Å². The van der Waals surface area contributed by atoms with Crippen LogP contribution < -0.4 is 10.9 Å². The number of halogens is 1. The molecule has 1 heterocycles. The van der Waals surface area contributed by atoms with E-state index in [9.17, 15) is 4.79 Å². The van der Waals surface area contributed by atoms with Gasteiger partial charge in [-0.3, -0.25) is 4.79 Å². The third-order valence-corrected chi connectivity index (χ3v) is 3.58. The zero-order chi connectivity index (χ0) is 13.5. The van der Waals surface area contributed by atoms with Gasteiger partial charge in [-0.2, -0.15) is 5.10 Å². The lowest BCUT2D eigenvalue weighted by molar-refractivity contribution is 0.564. The number of unbranched alkanes of at least 4 members (excludes halogenated alkanes) is 1. The fourth-order valence-electron chi connectivity index (χ4n) is 1.78. The van der Waals surface area contributed by atoms with Crippen LogP contribution in [-0.4, -0.2) is 15.8 Å². The van der Waals surface area contributed by atoms with Crippen LogP contribution >= 0.6 is 15.9 Å². The molecule has 5 heteroatoms. The maximum Gasteiger partial charge on any atom is 0.283 e. The van der Waals surface area contributed by atoms with E-state index in [0.29, 0.717) is 17.1 Å². The summed E-state index contributed by atoms with van der Waals surface area (Å²) in [6.45, 7) is 6.99. The number of hydrogen-bond acceptors (Lipinski definition) is 3. The first-order valence-corrected chi connectivity index (χ1v) is 7.41. The second-order valence-corrected chi connectivity index (χ2v) is 5.38. The molecule has 4 nitrogen and oxygen atoms in total. The lowest BCUT2D eigenvalue weighted by Gasteiger charge is -2.16. The van der Waals surface area contributed by atoms with Crippen molar-refractivity contribution >= 4 is 21.6 Å². The smallest absolute Gasteiger partial charge is 0.283 e. The highest BCUT2D eigenvalue weighted by molar-refractivity contribution is 9.10. The van der Waals surface area contributed by atoms with Crippen LogP contribution in [0.3, 0.4) is 0 Å². The first-order chi connectivity index (χ1) is 8.60. The first-order valence-electron chi connectivity index (χ1n) is 6.62. The Balaban J connectivity index is 2.79. The average Bonchev–Trinajstić information content (AvgIpc) is 2.36. The van der Waals surface area contributed by atoms with E-state index in [0.717, 1.165) is 18.5 Å². The van der Waals surface area contributed by atoms with Gasteiger partial charge >= 0.3 is 0 Å². The lowest BCUT2D eigenvalue weighted by Crippen LogP contribution is -2.26. The van der Waals surface area contributed by atoms with Crippen LogP contribution in [0.5, 0.6) is 0 Å². The van der Waals surface area contributed by atoms with Crippen molar-refractivity contribution < 1.29 is 0 Å². The van der Waals surface area contributed by atoms with E-state index >= 15 is 0 Å². The summed E-state index contributed by atoms with van der Waals surface area (Å²) in [4.78, 5) is 12.0. The van der Waals surface area contributed by atoms with Gasteiger partial charge in [0.15, 0.2) is 0 Å². The number of aryl methyl sites for hydroxylation is 1. The standard InChI is InChI=1S/C13H22BrN3O/c1-4-6-7-10(3)16-11-9-15-17(8-5-2)13(18)12(11)14/h9-10,16H,4-8H2,1-3H3. The number of nitrogens with one attached hydrogen (secondary N) is 1. The topological polar surface area (TPSA) is 46.9 Å². The molecule has 0 fully saturated rings. The Morgan fingerprint density at radius 2 is 2.17 bits per heavy atom. The monoisotopic (exact) mass is 315 g/mol. The minimum absolute atomic E-state index is 0.0652. The maximum atomic E-state index is 12.0. The Morgan fingerprint density at radius 3 is 2.78 bits per heavy atom. The predicted molar refractivity (Wildman–Crippen MR) is 79.1 cm³/mol. The molecule has 1 N–H and O–H groups in total. The quantitative estimate of drug-likeness (QED) is 0.838. The fraction of sp³-hybridized carbons (Fsp3) is 0.692. The van der Waals surface area contributed by atoms with Crippen molar-refractivity contribution in [2.75, 3.05) is 5.32 Å². The zero-order valence-corrected chi connectivity index (χ0v) is 13.0. The van der Waals surface area contributed by atoms with Crippen LogP contribution in [-0.2, 0) is 6.54 Å². The third-order valence-electron chi connectivity index (χ3n) is 2.81. The van der Waals surface area contributed by atoms with Gasteiger partial charge in [-0.25, -0.2) is 4.68 Å². The van der Waals surface area contributed by atoms with Crippen LogP contribution in [0.25, 0.3) is 0 Å². The van der Waals surface area contributed by atoms with Crippen LogP contribution in [0.4, 0.5) is 5.69 Å². The Kier molecular flexibility index (Phi) is 6.39. The Morgan fingerprint density at radius 1 is 1.44 bits per heavy atom. The van der Waals surface area contributed by atoms with Gasteiger partial charge in [0.25, 0.3) is 5.56 Å². The van der Waals surface area contributed by atoms with Crippen molar-refractivity contribution in [2.24, 2.45) is 0 Å². The van der Waals surface area contributed by atoms with Gasteiger partial charge < -0.3 is 5.32 Å². The Bertz CT molecular complexity index is 431. The molecule has 18 heavy (non-hydrogen) atoms. The van der Waals surface area contributed by atoms with Gasteiger partial charge in [-0.1, -0.05) is 26.7 Å². The highest BCUT2D eigenvalue weighted by Gasteiger charge is 2.10. The summed E-state index contributed by atoms with van der Waals surface area (Å²) >= 11 is 3.36. The third kappa shape index (κ3) is 4.12. The zero-order valence-electron chi connectivity index (χ0n) is 11.4. The van der Waals surface area contributed by atoms with E-state index in [-0.39, 0.29) is 5.56 Å². The molecule has 0 radical (unpaired) electrons. The molecule has 0 aliphatic rings. The van der Waals surface area contributed by atoms with Gasteiger partial charge in [0.2, 0.25) is 0 Å². The number of aromatic nitrogens is 2. The molecular formula is C13H22BrN3O. The molecule has 0 aliphatic heterocycles. The van der Waals surface area contributed by atoms with Crippen molar-refractivity contribution in [2.45, 2.75) is 59.0 Å². The molecule has 1 aromatic rings. The summed E-state index contributed by atoms with van der Waals surface area (Å²) in [5.74, 6) is 0. The normalized spacial score (nSPS) is 12.4. The van der Waals surface area contributed by atoms with Crippen molar-refractivity contribution in [1.82, 2.24) is 9.78 Å². The van der Waals surface area contributed by atoms with Crippen LogP contribution in [0.15, 0.2) is 15.5 Å². The summed E-state index contributed by atoms with van der Waals surface area (Å²) < 4.78 is 2.07. The Labute approximate surface area is 117 Å². The molecule has 0 saturated carbocycles. The minimum Gasteiger partial charge on any atom is -0.380 e. The summed E-state index contributed by atoms with van der Waals surface area (Å²) in [6, 6.07) is 0.351. The molecular weight excluding hydrogens is 294 g/mol. The molecule has 1 rings (SSSR count). The van der Waals surface area contributed by atoms with Gasteiger partial charge in [0.1, 0.15) is 4.47 Å². The molecule has 0 bridgehead atoms. The molecule has 0 aliphatic carbocycles. The van der Waals surface area contributed by atoms with Crippen molar-refractivity contribution in [1.29, 1.82) is 0 Å². The van der Waals surface area contributed by atoms with Crippen molar-refractivity contribution in [3.05, 3.63) is 21.0 Å². The molecule has 102 valence electrons. The van der Waals surface area contributed by atoms with Gasteiger partial charge in [-0.05, 0) is 35.7 Å². The summed E-state index contributed by atoms with van der Waals surface area (Å²) in [6.07, 6.45) is 6.10. The summed E-state index contributed by atoms with van der Waals surface area (Å²) in [5.41, 5.74) is 0.723. The van der Waals surface area contributed by atoms with E-state index in [1.807, 2.05) is 6.92 Å². The molecule has 0 amide bonds. The fourth-order valence-corrected chi connectivity index (χ4v) is 2.21. The van der Waals surface area contributed by atoms with E-state index < -0.39 is 0 Å². The van der Waals surface area contributed by atoms with Crippen LogP contribution in [0.1, 0.15) is 46.5 Å². The second-order valence-electron chi connectivity index (χ2n) is 4.59. The average molecular weight is 316 g/mol. The second kappa shape index (κ2) is 7.56. The molecule has 1 aromatic heterocycles. The molecule has 0 aromatic carbocycles.